The second kappa shape index (κ2) is 7.40. The lowest BCUT2D eigenvalue weighted by molar-refractivity contribution is 0.0920. The van der Waals surface area contributed by atoms with E-state index in [-0.39, 0.29) is 29.9 Å². The summed E-state index contributed by atoms with van der Waals surface area (Å²) >= 11 is 1.99. The molecule has 1 heterocycles. The van der Waals surface area contributed by atoms with Gasteiger partial charge in [0.25, 0.3) is 5.91 Å². The molecule has 3 nitrogen and oxygen atoms in total. The minimum Gasteiger partial charge on any atom is -0.349 e. The van der Waals surface area contributed by atoms with Crippen LogP contribution in [0.5, 0.6) is 0 Å². The molecule has 2 rings (SSSR count). The Morgan fingerprint density at radius 1 is 1.53 bits per heavy atom. The van der Waals surface area contributed by atoms with E-state index >= 15 is 0 Å². The van der Waals surface area contributed by atoms with Crippen LogP contribution in [0, 0.1) is 9.39 Å². The highest BCUT2D eigenvalue weighted by molar-refractivity contribution is 14.1. The van der Waals surface area contributed by atoms with E-state index in [1.807, 2.05) is 22.6 Å². The van der Waals surface area contributed by atoms with Crippen molar-refractivity contribution in [3.8, 4) is 0 Å². The Bertz CT molecular complexity index is 438. The van der Waals surface area contributed by atoms with Crippen molar-refractivity contribution < 1.29 is 9.18 Å². The molecule has 1 saturated heterocycles. The number of benzene rings is 1. The molecule has 0 aromatic heterocycles. The van der Waals surface area contributed by atoms with E-state index in [2.05, 4.69) is 17.6 Å². The molecule has 0 aliphatic carbocycles. The molecule has 1 aliphatic rings. The molecule has 1 aromatic rings. The zero-order chi connectivity index (χ0) is 13.1. The number of piperidine rings is 1. The number of halogens is 3. The van der Waals surface area contributed by atoms with Gasteiger partial charge in [0, 0.05) is 15.7 Å². The maximum atomic E-state index is 13.7. The molecule has 0 saturated carbocycles. The molecule has 1 amide bonds. The average molecular weight is 399 g/mol. The molecule has 0 bridgehead atoms. The van der Waals surface area contributed by atoms with E-state index in [0.29, 0.717) is 9.61 Å². The third kappa shape index (κ3) is 4.29. The number of rotatable bonds is 2. The SMILES string of the molecule is CC1CC(NC(=O)c2c(F)cccc2I)CCN1.Cl. The van der Waals surface area contributed by atoms with E-state index in [9.17, 15) is 9.18 Å². The Morgan fingerprint density at radius 3 is 2.89 bits per heavy atom. The summed E-state index contributed by atoms with van der Waals surface area (Å²) in [6, 6.07) is 5.19. The molecular formula is C13H17ClFIN2O. The molecule has 1 aromatic carbocycles. The van der Waals surface area contributed by atoms with Crippen molar-refractivity contribution in [2.75, 3.05) is 6.54 Å². The van der Waals surface area contributed by atoms with Crippen molar-refractivity contribution in [2.24, 2.45) is 0 Å². The minimum atomic E-state index is -0.457. The van der Waals surface area contributed by atoms with Crippen molar-refractivity contribution in [1.29, 1.82) is 0 Å². The van der Waals surface area contributed by atoms with Crippen LogP contribution in [0.15, 0.2) is 18.2 Å². The number of amides is 1. The van der Waals surface area contributed by atoms with Gasteiger partial charge in [0.15, 0.2) is 0 Å². The average Bonchev–Trinajstić information content (AvgIpc) is 2.28. The van der Waals surface area contributed by atoms with E-state index < -0.39 is 5.82 Å². The fourth-order valence-electron chi connectivity index (χ4n) is 2.24. The maximum Gasteiger partial charge on any atom is 0.255 e. The number of hydrogen-bond acceptors (Lipinski definition) is 2. The van der Waals surface area contributed by atoms with E-state index in [0.717, 1.165) is 19.4 Å². The molecule has 6 heteroatoms. The van der Waals surface area contributed by atoms with Gasteiger partial charge in [-0.15, -0.1) is 12.4 Å². The molecule has 0 radical (unpaired) electrons. The fraction of sp³-hybridized carbons (Fsp3) is 0.462. The zero-order valence-electron chi connectivity index (χ0n) is 10.6. The second-order valence-electron chi connectivity index (χ2n) is 4.65. The molecular weight excluding hydrogens is 382 g/mol. The first-order valence-electron chi connectivity index (χ1n) is 6.06. The van der Waals surface area contributed by atoms with Gasteiger partial charge in [0.05, 0.1) is 5.56 Å². The Hall–Kier alpha value is -0.400. The van der Waals surface area contributed by atoms with Crippen LogP contribution in [0.4, 0.5) is 4.39 Å². The summed E-state index contributed by atoms with van der Waals surface area (Å²) in [6.07, 6.45) is 1.78. The van der Waals surface area contributed by atoms with Crippen molar-refractivity contribution in [1.82, 2.24) is 10.6 Å². The summed E-state index contributed by atoms with van der Waals surface area (Å²) in [4.78, 5) is 12.1. The third-order valence-electron chi connectivity index (χ3n) is 3.15. The second-order valence-corrected chi connectivity index (χ2v) is 5.81. The van der Waals surface area contributed by atoms with Crippen LogP contribution in [0.3, 0.4) is 0 Å². The maximum absolute atomic E-state index is 13.7. The third-order valence-corrected chi connectivity index (χ3v) is 4.05. The van der Waals surface area contributed by atoms with Crippen LogP contribution < -0.4 is 10.6 Å². The first-order valence-corrected chi connectivity index (χ1v) is 7.14. The topological polar surface area (TPSA) is 41.1 Å². The van der Waals surface area contributed by atoms with Crippen molar-refractivity contribution >= 4 is 40.9 Å². The van der Waals surface area contributed by atoms with Crippen LogP contribution in [-0.4, -0.2) is 24.5 Å². The van der Waals surface area contributed by atoms with Crippen molar-refractivity contribution in [3.05, 3.63) is 33.1 Å². The van der Waals surface area contributed by atoms with Crippen LogP contribution in [0.1, 0.15) is 30.1 Å². The first-order chi connectivity index (χ1) is 8.58. The predicted octanol–water partition coefficient (Wildman–Crippen LogP) is 2.72. The van der Waals surface area contributed by atoms with E-state index in [1.54, 1.807) is 12.1 Å². The summed E-state index contributed by atoms with van der Waals surface area (Å²) in [5.41, 5.74) is 0.157. The molecule has 2 atom stereocenters. The number of hydrogen-bond donors (Lipinski definition) is 2. The highest BCUT2D eigenvalue weighted by Gasteiger charge is 2.22. The van der Waals surface area contributed by atoms with Crippen LogP contribution >= 0.6 is 35.0 Å². The van der Waals surface area contributed by atoms with Gasteiger partial charge in [-0.1, -0.05) is 6.07 Å². The summed E-state index contributed by atoms with van der Waals surface area (Å²) < 4.78 is 14.3. The monoisotopic (exact) mass is 398 g/mol. The highest BCUT2D eigenvalue weighted by atomic mass is 127. The lowest BCUT2D eigenvalue weighted by Crippen LogP contribution is -2.46. The van der Waals surface area contributed by atoms with Gasteiger partial charge in [-0.05, 0) is 61.0 Å². The molecule has 0 spiro atoms. The van der Waals surface area contributed by atoms with Gasteiger partial charge in [0.1, 0.15) is 5.82 Å². The lowest BCUT2D eigenvalue weighted by atomic mass is 10.0. The number of carbonyl (C=O) groups excluding carboxylic acids is 1. The summed E-state index contributed by atoms with van der Waals surface area (Å²) in [6.45, 7) is 2.98. The van der Waals surface area contributed by atoms with Gasteiger partial charge in [-0.25, -0.2) is 4.39 Å². The molecule has 2 N–H and O–H groups in total. The molecule has 106 valence electrons. The Kier molecular flexibility index (Phi) is 6.49. The normalized spacial score (nSPS) is 22.5. The van der Waals surface area contributed by atoms with Gasteiger partial charge < -0.3 is 10.6 Å². The number of nitrogens with one attached hydrogen (secondary N) is 2. The van der Waals surface area contributed by atoms with Crippen LogP contribution in [0.2, 0.25) is 0 Å². The molecule has 1 aliphatic heterocycles. The Morgan fingerprint density at radius 2 is 2.26 bits per heavy atom. The van der Waals surface area contributed by atoms with Gasteiger partial charge in [0.2, 0.25) is 0 Å². The molecule has 1 fully saturated rings. The Labute approximate surface area is 132 Å². The van der Waals surface area contributed by atoms with E-state index in [1.165, 1.54) is 6.07 Å². The van der Waals surface area contributed by atoms with Gasteiger partial charge in [-0.3, -0.25) is 4.79 Å². The summed E-state index contributed by atoms with van der Waals surface area (Å²) in [5, 5.41) is 6.24. The zero-order valence-corrected chi connectivity index (χ0v) is 13.6. The lowest BCUT2D eigenvalue weighted by Gasteiger charge is -2.28. The van der Waals surface area contributed by atoms with E-state index in [4.69, 9.17) is 0 Å². The predicted molar refractivity (Wildman–Crippen MR) is 84.3 cm³/mol. The number of carbonyl (C=O) groups is 1. The van der Waals surface area contributed by atoms with Crippen LogP contribution in [-0.2, 0) is 0 Å². The highest BCUT2D eigenvalue weighted by Crippen LogP contribution is 2.17. The quantitative estimate of drug-likeness (QED) is 0.752. The molecule has 19 heavy (non-hydrogen) atoms. The van der Waals surface area contributed by atoms with Crippen LogP contribution in [0.25, 0.3) is 0 Å². The minimum absolute atomic E-state index is 0. The first kappa shape index (κ1) is 16.7. The van der Waals surface area contributed by atoms with Gasteiger partial charge >= 0.3 is 0 Å². The summed E-state index contributed by atoms with van der Waals surface area (Å²) in [7, 11) is 0. The van der Waals surface area contributed by atoms with Crippen molar-refractivity contribution in [3.63, 3.8) is 0 Å². The molecule has 2 unspecified atom stereocenters. The van der Waals surface area contributed by atoms with Crippen molar-refractivity contribution in [2.45, 2.75) is 31.8 Å². The standard InChI is InChI=1S/C13H16FIN2O.ClH/c1-8-7-9(5-6-16-8)17-13(18)12-10(14)3-2-4-11(12)15;/h2-4,8-9,16H,5-7H2,1H3,(H,17,18);1H. The van der Waals surface area contributed by atoms with Gasteiger partial charge in [-0.2, -0.15) is 0 Å². The smallest absolute Gasteiger partial charge is 0.255 e. The summed E-state index contributed by atoms with van der Waals surface area (Å²) in [5.74, 6) is -0.766. The largest absolute Gasteiger partial charge is 0.349 e. The fourth-order valence-corrected chi connectivity index (χ4v) is 2.95. The Balaban J connectivity index is 0.00000180.